The van der Waals surface area contributed by atoms with Crippen molar-refractivity contribution >= 4 is 22.0 Å². The Morgan fingerprint density at radius 2 is 1.83 bits per heavy atom. The van der Waals surface area contributed by atoms with Gasteiger partial charge >= 0.3 is 0 Å². The molecule has 0 N–H and O–H groups in total. The molecule has 12 heavy (non-hydrogen) atoms. The highest BCUT2D eigenvalue weighted by Gasteiger charge is 2.14. The van der Waals surface area contributed by atoms with Gasteiger partial charge in [0, 0.05) is 10.0 Å². The van der Waals surface area contributed by atoms with Crippen molar-refractivity contribution in [1.82, 2.24) is 0 Å². The van der Waals surface area contributed by atoms with Crippen LogP contribution in [0.4, 0.5) is 13.2 Å². The minimum atomic E-state index is -1.48. The van der Waals surface area contributed by atoms with Crippen molar-refractivity contribution in [1.29, 1.82) is 0 Å². The van der Waals surface area contributed by atoms with Crippen LogP contribution >= 0.6 is 15.9 Å². The van der Waals surface area contributed by atoms with Gasteiger partial charge in [-0.2, -0.15) is 0 Å². The van der Waals surface area contributed by atoms with Gasteiger partial charge in [-0.1, -0.05) is 12.7 Å². The van der Waals surface area contributed by atoms with Crippen LogP contribution in [0.25, 0.3) is 6.08 Å². The van der Waals surface area contributed by atoms with Gasteiger partial charge < -0.3 is 0 Å². The molecule has 0 spiro atoms. The van der Waals surface area contributed by atoms with E-state index >= 15 is 0 Å². The molecular formula is C8H4BrF3. The Balaban J connectivity index is 3.51. The lowest BCUT2D eigenvalue weighted by molar-refractivity contribution is 0.445. The molecule has 0 aliphatic rings. The fourth-order valence-corrected chi connectivity index (χ4v) is 1.30. The molecule has 0 amide bonds. The molecule has 0 bridgehead atoms. The lowest BCUT2D eigenvalue weighted by Crippen LogP contribution is -1.94. The maximum Gasteiger partial charge on any atom is 0.195 e. The van der Waals surface area contributed by atoms with Crippen LogP contribution in [0.2, 0.25) is 0 Å². The summed E-state index contributed by atoms with van der Waals surface area (Å²) in [7, 11) is 0. The summed E-state index contributed by atoms with van der Waals surface area (Å²) in [6.07, 6.45) is 1.11. The third-order valence-electron chi connectivity index (χ3n) is 1.35. The van der Waals surface area contributed by atoms with Gasteiger partial charge in [0.25, 0.3) is 0 Å². The van der Waals surface area contributed by atoms with Crippen molar-refractivity contribution in [2.75, 3.05) is 0 Å². The first kappa shape index (κ1) is 9.32. The molecule has 0 aromatic heterocycles. The normalized spacial score (nSPS) is 10.0. The first-order valence-corrected chi connectivity index (χ1v) is 3.82. The summed E-state index contributed by atoms with van der Waals surface area (Å²) in [5.41, 5.74) is -0.0751. The minimum Gasteiger partial charge on any atom is -0.204 e. The van der Waals surface area contributed by atoms with Crippen molar-refractivity contribution in [2.45, 2.75) is 0 Å². The third-order valence-corrected chi connectivity index (χ3v) is 2.01. The lowest BCUT2D eigenvalue weighted by Gasteiger charge is -2.01. The van der Waals surface area contributed by atoms with Crippen molar-refractivity contribution in [2.24, 2.45) is 0 Å². The van der Waals surface area contributed by atoms with E-state index in [1.807, 2.05) is 0 Å². The van der Waals surface area contributed by atoms with Crippen LogP contribution in [-0.2, 0) is 0 Å². The van der Waals surface area contributed by atoms with Crippen molar-refractivity contribution < 1.29 is 13.2 Å². The molecule has 0 nitrogen and oxygen atoms in total. The van der Waals surface area contributed by atoms with E-state index in [1.54, 1.807) is 0 Å². The highest BCUT2D eigenvalue weighted by atomic mass is 79.9. The van der Waals surface area contributed by atoms with E-state index in [0.717, 1.165) is 12.1 Å². The third kappa shape index (κ3) is 1.39. The first-order valence-electron chi connectivity index (χ1n) is 3.03. The Morgan fingerprint density at radius 3 is 2.33 bits per heavy atom. The van der Waals surface area contributed by atoms with Crippen LogP contribution in [0.3, 0.4) is 0 Å². The molecule has 0 saturated heterocycles. The van der Waals surface area contributed by atoms with E-state index in [4.69, 9.17) is 0 Å². The van der Waals surface area contributed by atoms with E-state index in [9.17, 15) is 13.2 Å². The molecule has 64 valence electrons. The second kappa shape index (κ2) is 3.31. The summed E-state index contributed by atoms with van der Waals surface area (Å²) >= 11 is 2.87. The van der Waals surface area contributed by atoms with Gasteiger partial charge in [-0.15, -0.1) is 0 Å². The molecule has 0 heterocycles. The van der Waals surface area contributed by atoms with E-state index in [0.29, 0.717) is 0 Å². The SMILES string of the molecule is C=Cc1c(Br)cc(F)c(F)c1F. The molecule has 0 saturated carbocycles. The van der Waals surface area contributed by atoms with E-state index in [-0.39, 0.29) is 10.0 Å². The standard InChI is InChI=1S/C8H4BrF3/c1-2-4-5(9)3-6(10)8(12)7(4)11/h2-3H,1H2. The van der Waals surface area contributed by atoms with Crippen molar-refractivity contribution in [3.63, 3.8) is 0 Å². The van der Waals surface area contributed by atoms with Gasteiger partial charge in [0.05, 0.1) is 0 Å². The van der Waals surface area contributed by atoms with Gasteiger partial charge in [-0.3, -0.25) is 0 Å². The second-order valence-corrected chi connectivity index (χ2v) is 2.94. The topological polar surface area (TPSA) is 0 Å². The fraction of sp³-hybridized carbons (Fsp3) is 0. The van der Waals surface area contributed by atoms with Crippen LogP contribution in [0.15, 0.2) is 17.1 Å². The zero-order valence-corrected chi connectivity index (χ0v) is 7.46. The molecule has 0 fully saturated rings. The summed E-state index contributed by atoms with van der Waals surface area (Å²) in [6, 6.07) is 0.857. The highest BCUT2D eigenvalue weighted by molar-refractivity contribution is 9.10. The maximum atomic E-state index is 12.8. The Hall–Kier alpha value is -0.770. The van der Waals surface area contributed by atoms with Crippen LogP contribution < -0.4 is 0 Å². The Bertz CT molecular complexity index is 334. The zero-order valence-electron chi connectivity index (χ0n) is 5.87. The maximum absolute atomic E-state index is 12.8. The molecule has 0 aliphatic heterocycles. The smallest absolute Gasteiger partial charge is 0.195 e. The average molecular weight is 237 g/mol. The van der Waals surface area contributed by atoms with E-state index in [1.165, 1.54) is 0 Å². The average Bonchev–Trinajstić information content (AvgIpc) is 2.01. The van der Waals surface area contributed by atoms with Gasteiger partial charge in [0.1, 0.15) is 0 Å². The molecule has 4 heteroatoms. The van der Waals surface area contributed by atoms with Gasteiger partial charge in [-0.25, -0.2) is 13.2 Å². The highest BCUT2D eigenvalue weighted by Crippen LogP contribution is 2.25. The van der Waals surface area contributed by atoms with Gasteiger partial charge in [-0.05, 0) is 22.0 Å². The summed E-state index contributed by atoms with van der Waals surface area (Å²) in [5, 5.41) is 0. The molecule has 0 atom stereocenters. The summed E-state index contributed by atoms with van der Waals surface area (Å²) in [5.74, 6) is -3.92. The monoisotopic (exact) mass is 236 g/mol. The Morgan fingerprint density at radius 1 is 1.25 bits per heavy atom. The Kier molecular flexibility index (Phi) is 2.57. The zero-order chi connectivity index (χ0) is 9.30. The predicted octanol–water partition coefficient (Wildman–Crippen LogP) is 3.51. The fourth-order valence-electron chi connectivity index (χ4n) is 0.767. The van der Waals surface area contributed by atoms with Crippen molar-refractivity contribution in [3.8, 4) is 0 Å². The van der Waals surface area contributed by atoms with Gasteiger partial charge in [0.15, 0.2) is 17.5 Å². The second-order valence-electron chi connectivity index (χ2n) is 2.09. The van der Waals surface area contributed by atoms with Crippen LogP contribution in [0, 0.1) is 17.5 Å². The molecule has 0 radical (unpaired) electrons. The summed E-state index contributed by atoms with van der Waals surface area (Å²) in [4.78, 5) is 0. The minimum absolute atomic E-state index is 0.0751. The molecular weight excluding hydrogens is 233 g/mol. The first-order chi connectivity index (χ1) is 5.57. The molecule has 1 aromatic carbocycles. The van der Waals surface area contributed by atoms with Crippen molar-refractivity contribution in [3.05, 3.63) is 40.1 Å². The molecule has 1 aromatic rings. The molecule has 0 aliphatic carbocycles. The van der Waals surface area contributed by atoms with Crippen LogP contribution in [0.5, 0.6) is 0 Å². The molecule has 0 unspecified atom stereocenters. The lowest BCUT2D eigenvalue weighted by atomic mass is 10.2. The number of rotatable bonds is 1. The van der Waals surface area contributed by atoms with Crippen LogP contribution in [0.1, 0.15) is 5.56 Å². The number of halogens is 4. The van der Waals surface area contributed by atoms with Crippen LogP contribution in [-0.4, -0.2) is 0 Å². The summed E-state index contributed by atoms with van der Waals surface area (Å²) in [6.45, 7) is 3.26. The predicted molar refractivity (Wildman–Crippen MR) is 44.1 cm³/mol. The summed E-state index contributed by atoms with van der Waals surface area (Å²) < 4.78 is 38.0. The number of benzene rings is 1. The quantitative estimate of drug-likeness (QED) is 0.517. The molecule has 1 rings (SSSR count). The van der Waals surface area contributed by atoms with E-state index in [2.05, 4.69) is 22.5 Å². The number of hydrogen-bond donors (Lipinski definition) is 0. The number of hydrogen-bond acceptors (Lipinski definition) is 0. The van der Waals surface area contributed by atoms with E-state index < -0.39 is 17.5 Å². The van der Waals surface area contributed by atoms with Gasteiger partial charge in [0.2, 0.25) is 0 Å². The Labute approximate surface area is 75.8 Å². The largest absolute Gasteiger partial charge is 0.204 e.